The molecule has 152 valence electrons. The highest BCUT2D eigenvalue weighted by Crippen LogP contribution is 2.28. The van der Waals surface area contributed by atoms with Gasteiger partial charge in [0.05, 0.1) is 29.6 Å². The molecule has 0 spiro atoms. The zero-order chi connectivity index (χ0) is 21.4. The number of amidine groups is 1. The zero-order valence-electron chi connectivity index (χ0n) is 15.6. The second kappa shape index (κ2) is 9.66. The summed E-state index contributed by atoms with van der Waals surface area (Å²) < 4.78 is 43.9. The van der Waals surface area contributed by atoms with E-state index in [0.29, 0.717) is 28.8 Å². The molecule has 10 heteroatoms. The highest BCUT2D eigenvalue weighted by Gasteiger charge is 2.28. The van der Waals surface area contributed by atoms with Crippen molar-refractivity contribution in [3.8, 4) is 17.6 Å². The number of nitrogens with zero attached hydrogens (tertiary/aromatic N) is 5. The maximum Gasteiger partial charge on any atom is 0.408 e. The highest BCUT2D eigenvalue weighted by molar-refractivity contribution is 6.04. The number of ether oxygens (including phenoxy) is 1. The minimum Gasteiger partial charge on any atom is -0.453 e. The Morgan fingerprint density at radius 1 is 1.45 bits per heavy atom. The van der Waals surface area contributed by atoms with Gasteiger partial charge in [-0.2, -0.15) is 23.5 Å². The van der Waals surface area contributed by atoms with Crippen LogP contribution in [0.25, 0.3) is 0 Å². The third-order valence-electron chi connectivity index (χ3n) is 3.63. The molecular formula is C19H19F3N6O. The van der Waals surface area contributed by atoms with Crippen LogP contribution in [0.4, 0.5) is 13.2 Å². The lowest BCUT2D eigenvalue weighted by Crippen LogP contribution is -2.17. The lowest BCUT2D eigenvalue weighted by molar-refractivity contribution is -0.142. The Hall–Kier alpha value is -3.45. The van der Waals surface area contributed by atoms with Crippen molar-refractivity contribution in [2.45, 2.75) is 26.1 Å². The molecule has 1 aromatic heterocycles. The fraction of sp³-hybridized carbons (Fsp3) is 0.263. The molecule has 7 nitrogen and oxygen atoms in total. The number of aromatic nitrogens is 2. The quantitative estimate of drug-likeness (QED) is 0.560. The van der Waals surface area contributed by atoms with Crippen LogP contribution in [0.3, 0.4) is 0 Å². The average molecular weight is 404 g/mol. The number of hydrogen-bond acceptors (Lipinski definition) is 5. The van der Waals surface area contributed by atoms with E-state index in [1.807, 2.05) is 13.0 Å². The molecule has 0 unspecified atom stereocenters. The summed E-state index contributed by atoms with van der Waals surface area (Å²) in [6.07, 6.45) is 0.108. The van der Waals surface area contributed by atoms with Gasteiger partial charge in [0.1, 0.15) is 12.3 Å². The zero-order valence-corrected chi connectivity index (χ0v) is 15.6. The number of aliphatic imine (C=N–C) groups is 2. The number of rotatable bonds is 7. The van der Waals surface area contributed by atoms with E-state index in [0.717, 1.165) is 18.0 Å². The van der Waals surface area contributed by atoms with E-state index in [-0.39, 0.29) is 17.3 Å². The number of hydrogen-bond donors (Lipinski definition) is 1. The third kappa shape index (κ3) is 6.58. The van der Waals surface area contributed by atoms with Crippen LogP contribution in [0, 0.1) is 11.3 Å². The highest BCUT2D eigenvalue weighted by atomic mass is 19.4. The number of halogens is 3. The fourth-order valence-electron chi connectivity index (χ4n) is 2.31. The van der Waals surface area contributed by atoms with Crippen molar-refractivity contribution in [3.63, 3.8) is 0 Å². The lowest BCUT2D eigenvalue weighted by Gasteiger charge is -2.10. The van der Waals surface area contributed by atoms with Crippen molar-refractivity contribution in [3.05, 3.63) is 53.5 Å². The average Bonchev–Trinajstić information content (AvgIpc) is 3.08. The van der Waals surface area contributed by atoms with Gasteiger partial charge in [-0.05, 0) is 44.8 Å². The van der Waals surface area contributed by atoms with E-state index in [1.54, 1.807) is 18.3 Å². The largest absolute Gasteiger partial charge is 0.453 e. The van der Waals surface area contributed by atoms with Gasteiger partial charge in [0.15, 0.2) is 11.6 Å². The van der Waals surface area contributed by atoms with E-state index in [9.17, 15) is 13.2 Å². The molecule has 0 saturated carbocycles. The molecule has 0 saturated heterocycles. The summed E-state index contributed by atoms with van der Waals surface area (Å²) in [7, 11) is 0. The minimum absolute atomic E-state index is 0.0730. The van der Waals surface area contributed by atoms with Gasteiger partial charge in [-0.3, -0.25) is 4.68 Å². The standard InChI is InChI=1S/C19H19F3N6O/c1-13(5-6-23)9-26-18(25-2)16-4-3-14(8-24)7-17(16)29-15-10-27-28(11-15)12-19(20,21)22/h3-4,7,9-11H,2,5-6,12,23H2,1H3/b13-9+,26-18-. The van der Waals surface area contributed by atoms with Crippen LogP contribution < -0.4 is 10.5 Å². The minimum atomic E-state index is -4.41. The number of nitrogens with two attached hydrogens (primary N) is 1. The predicted molar refractivity (Wildman–Crippen MR) is 103 cm³/mol. The van der Waals surface area contributed by atoms with Gasteiger partial charge in [-0.25, -0.2) is 9.98 Å². The predicted octanol–water partition coefficient (Wildman–Crippen LogP) is 3.81. The maximum atomic E-state index is 12.5. The molecule has 0 aliphatic rings. The summed E-state index contributed by atoms with van der Waals surface area (Å²) in [5, 5.41) is 12.8. The SMILES string of the molecule is C=N/C(=N\C=C(/C)CCN)c1ccc(C#N)cc1Oc1cnn(CC(F)(F)F)c1. The van der Waals surface area contributed by atoms with Crippen LogP contribution in [0.5, 0.6) is 11.5 Å². The van der Waals surface area contributed by atoms with E-state index < -0.39 is 12.7 Å². The first kappa shape index (κ1) is 21.8. The Kier molecular flexibility index (Phi) is 7.27. The molecule has 1 aromatic carbocycles. The number of alkyl halides is 3. The third-order valence-corrected chi connectivity index (χ3v) is 3.63. The van der Waals surface area contributed by atoms with Gasteiger partial charge in [0.25, 0.3) is 0 Å². The molecule has 29 heavy (non-hydrogen) atoms. The Labute approximate surface area is 165 Å². The van der Waals surface area contributed by atoms with Gasteiger partial charge in [0.2, 0.25) is 0 Å². The van der Waals surface area contributed by atoms with E-state index in [4.69, 9.17) is 15.7 Å². The first-order valence-corrected chi connectivity index (χ1v) is 8.47. The topological polar surface area (TPSA) is 102 Å². The van der Waals surface area contributed by atoms with Crippen molar-refractivity contribution in [2.75, 3.05) is 6.54 Å². The number of nitriles is 1. The van der Waals surface area contributed by atoms with Crippen molar-refractivity contribution in [1.82, 2.24) is 9.78 Å². The van der Waals surface area contributed by atoms with Crippen molar-refractivity contribution in [2.24, 2.45) is 15.7 Å². The van der Waals surface area contributed by atoms with Gasteiger partial charge in [-0.1, -0.05) is 5.57 Å². The van der Waals surface area contributed by atoms with Crippen LogP contribution in [-0.2, 0) is 6.54 Å². The van der Waals surface area contributed by atoms with E-state index in [2.05, 4.69) is 21.8 Å². The van der Waals surface area contributed by atoms with Crippen molar-refractivity contribution < 1.29 is 17.9 Å². The monoisotopic (exact) mass is 404 g/mol. The molecule has 2 aromatic rings. The summed E-state index contributed by atoms with van der Waals surface area (Å²) in [5.74, 6) is 0.485. The van der Waals surface area contributed by atoms with Gasteiger partial charge in [-0.15, -0.1) is 0 Å². The second-order valence-electron chi connectivity index (χ2n) is 6.04. The Bertz CT molecular complexity index is 969. The van der Waals surface area contributed by atoms with Gasteiger partial charge < -0.3 is 10.5 Å². The lowest BCUT2D eigenvalue weighted by atomic mass is 10.1. The molecule has 0 atom stereocenters. The molecule has 2 rings (SSSR count). The molecule has 0 amide bonds. The molecule has 0 aliphatic heterocycles. The van der Waals surface area contributed by atoms with Crippen molar-refractivity contribution >= 4 is 12.6 Å². The molecular weight excluding hydrogens is 385 g/mol. The Morgan fingerprint density at radius 2 is 2.21 bits per heavy atom. The molecule has 1 heterocycles. The summed E-state index contributed by atoms with van der Waals surface area (Å²) in [6, 6.07) is 6.54. The first-order chi connectivity index (χ1) is 13.8. The summed E-state index contributed by atoms with van der Waals surface area (Å²) in [4.78, 5) is 8.17. The second-order valence-corrected chi connectivity index (χ2v) is 6.04. The number of benzene rings is 1. The smallest absolute Gasteiger partial charge is 0.408 e. The van der Waals surface area contributed by atoms with E-state index >= 15 is 0 Å². The maximum absolute atomic E-state index is 12.5. The summed E-state index contributed by atoms with van der Waals surface area (Å²) in [6.45, 7) is 4.59. The summed E-state index contributed by atoms with van der Waals surface area (Å²) >= 11 is 0. The molecule has 0 fully saturated rings. The van der Waals surface area contributed by atoms with Crippen LogP contribution in [0.2, 0.25) is 0 Å². The Balaban J connectivity index is 2.38. The normalized spacial score (nSPS) is 12.6. The van der Waals surface area contributed by atoms with Crippen LogP contribution >= 0.6 is 0 Å². The fourth-order valence-corrected chi connectivity index (χ4v) is 2.31. The molecule has 0 bridgehead atoms. The van der Waals surface area contributed by atoms with Crippen molar-refractivity contribution in [1.29, 1.82) is 5.26 Å². The van der Waals surface area contributed by atoms with Crippen LogP contribution in [0.1, 0.15) is 24.5 Å². The van der Waals surface area contributed by atoms with Gasteiger partial charge >= 0.3 is 6.18 Å². The molecule has 0 radical (unpaired) electrons. The molecule has 0 aliphatic carbocycles. The Morgan fingerprint density at radius 3 is 2.83 bits per heavy atom. The summed E-state index contributed by atoms with van der Waals surface area (Å²) in [5.41, 5.74) is 7.15. The van der Waals surface area contributed by atoms with Crippen LogP contribution in [-0.4, -0.2) is 35.1 Å². The first-order valence-electron chi connectivity index (χ1n) is 8.47. The van der Waals surface area contributed by atoms with Crippen LogP contribution in [0.15, 0.2) is 52.4 Å². The molecule has 2 N–H and O–H groups in total. The van der Waals surface area contributed by atoms with Gasteiger partial charge in [0, 0.05) is 6.20 Å². The van der Waals surface area contributed by atoms with E-state index in [1.165, 1.54) is 6.07 Å².